The van der Waals surface area contributed by atoms with Crippen molar-refractivity contribution < 1.29 is 48.8 Å². The zero-order valence-electron chi connectivity index (χ0n) is 17.9. The Hall–Kier alpha value is 1.68. The van der Waals surface area contributed by atoms with Crippen LogP contribution in [0.15, 0.2) is 0 Å². The Labute approximate surface area is 190 Å². The van der Waals surface area contributed by atoms with E-state index >= 15 is 0 Å². The predicted molar refractivity (Wildman–Crippen MR) is 120 cm³/mol. The Morgan fingerprint density at radius 1 is 0.593 bits per heavy atom. The van der Waals surface area contributed by atoms with Crippen LogP contribution in [-0.2, 0) is 43.1 Å². The van der Waals surface area contributed by atoms with Crippen LogP contribution in [0.4, 0.5) is 0 Å². The summed E-state index contributed by atoms with van der Waals surface area (Å²) < 4.78 is 0. The van der Waals surface area contributed by atoms with E-state index in [9.17, 15) is 0 Å². The monoisotopic (exact) mass is 520 g/mol. The van der Waals surface area contributed by atoms with Crippen LogP contribution in [0.3, 0.4) is 0 Å². The van der Waals surface area contributed by atoms with Gasteiger partial charge in [0.15, 0.2) is 0 Å². The second kappa shape index (κ2) is 25.7. The zero-order chi connectivity index (χ0) is 21.8. The van der Waals surface area contributed by atoms with Crippen LogP contribution in [0.25, 0.3) is 0 Å². The van der Waals surface area contributed by atoms with Gasteiger partial charge >= 0.3 is 13.4 Å². The van der Waals surface area contributed by atoms with Crippen molar-refractivity contribution in [2.75, 3.05) is 0 Å². The standard InChI is InChI=1S/2C8H18.2H3O3PS.Zn/c2*1-4-5-6-7-8(2)3;2*1-4(2,3)5;/h2*8H,4-7H2,1-3H3;2*(H3,1,2,3,5);. The maximum Gasteiger partial charge on any atom is 0.319 e. The Balaban J connectivity index is -0.0000000807. The summed E-state index contributed by atoms with van der Waals surface area (Å²) >= 11 is 7.21. The Bertz CT molecular complexity index is 312. The van der Waals surface area contributed by atoms with Gasteiger partial charge < -0.3 is 29.4 Å². The molecule has 27 heavy (non-hydrogen) atoms. The van der Waals surface area contributed by atoms with E-state index in [0.717, 1.165) is 11.8 Å². The molecule has 0 radical (unpaired) electrons. The van der Waals surface area contributed by atoms with Gasteiger partial charge in [0.1, 0.15) is 0 Å². The molecule has 0 aliphatic rings. The molecule has 166 valence electrons. The third-order valence-electron chi connectivity index (χ3n) is 2.77. The molecule has 0 aliphatic carbocycles. The predicted octanol–water partition coefficient (Wildman–Crippen LogP) is 4.82. The molecule has 0 spiro atoms. The second-order valence-corrected chi connectivity index (χ2v) is 11.8. The summed E-state index contributed by atoms with van der Waals surface area (Å²) in [5.41, 5.74) is 0. The van der Waals surface area contributed by atoms with Crippen molar-refractivity contribution in [3.8, 4) is 0 Å². The van der Waals surface area contributed by atoms with Gasteiger partial charge in [-0.05, 0) is 35.4 Å². The van der Waals surface area contributed by atoms with Gasteiger partial charge in [-0.3, -0.25) is 0 Å². The molecule has 0 aromatic heterocycles. The van der Waals surface area contributed by atoms with Gasteiger partial charge in [-0.25, -0.2) is 0 Å². The summed E-state index contributed by atoms with van der Waals surface area (Å²) in [5.74, 6) is 1.81. The molecule has 0 rings (SSSR count). The van der Waals surface area contributed by atoms with E-state index in [2.05, 4.69) is 65.2 Å². The number of rotatable bonds is 8. The van der Waals surface area contributed by atoms with Gasteiger partial charge in [0.05, 0.1) is 0 Å². The topological polar surface area (TPSA) is 121 Å². The van der Waals surface area contributed by atoms with Gasteiger partial charge in [-0.1, -0.05) is 92.9 Å². The Morgan fingerprint density at radius 2 is 0.778 bits per heavy atom. The van der Waals surface area contributed by atoms with E-state index in [1.165, 1.54) is 51.4 Å². The quantitative estimate of drug-likeness (QED) is 0.153. The summed E-state index contributed by atoms with van der Waals surface area (Å²) in [6.07, 6.45) is 11.2. The fourth-order valence-corrected chi connectivity index (χ4v) is 1.61. The first-order valence-electron chi connectivity index (χ1n) is 9.11. The average Bonchev–Trinajstić information content (AvgIpc) is 2.35. The van der Waals surface area contributed by atoms with E-state index in [0.29, 0.717) is 0 Å². The molecule has 0 heterocycles. The largest absolute Gasteiger partial charge is 0.325 e. The molecule has 0 fully saturated rings. The smallest absolute Gasteiger partial charge is 0.319 e. The van der Waals surface area contributed by atoms with Gasteiger partial charge in [0.2, 0.25) is 0 Å². The Kier molecular flexibility index (Phi) is 37.3. The van der Waals surface area contributed by atoms with Gasteiger partial charge in [0.25, 0.3) is 0 Å². The maximum absolute atomic E-state index is 7.56. The first-order valence-corrected chi connectivity index (χ1v) is 14.4. The first kappa shape index (κ1) is 39.2. The van der Waals surface area contributed by atoms with Crippen molar-refractivity contribution in [1.29, 1.82) is 0 Å². The summed E-state index contributed by atoms with van der Waals surface area (Å²) in [7, 11) is 0. The molecule has 0 aromatic rings. The van der Waals surface area contributed by atoms with Crippen LogP contribution in [0, 0.1) is 11.8 Å². The van der Waals surface area contributed by atoms with Crippen LogP contribution >= 0.6 is 13.4 Å². The third kappa shape index (κ3) is 134. The summed E-state index contributed by atoms with van der Waals surface area (Å²) in [4.78, 5) is 45.3. The molecule has 0 aromatic carbocycles. The van der Waals surface area contributed by atoms with Crippen LogP contribution in [0.1, 0.15) is 92.9 Å². The molecule has 0 bridgehead atoms. The average molecular weight is 522 g/mol. The SMILES string of the molecule is CCCCCC(C)C.CCCCCC(C)C.OP(O)(O)=S.OP(O)(O)=S.[Zn]. The van der Waals surface area contributed by atoms with Crippen LogP contribution in [-0.4, -0.2) is 29.4 Å². The molecule has 0 saturated carbocycles. The number of unbranched alkanes of at least 4 members (excludes halogenated alkanes) is 4. The van der Waals surface area contributed by atoms with Crippen molar-refractivity contribution in [1.82, 2.24) is 0 Å². The molecule has 0 saturated heterocycles. The van der Waals surface area contributed by atoms with Crippen LogP contribution < -0.4 is 0 Å². The third-order valence-corrected chi connectivity index (χ3v) is 2.77. The summed E-state index contributed by atoms with van der Waals surface area (Å²) in [6.45, 7) is 6.04. The van der Waals surface area contributed by atoms with Crippen molar-refractivity contribution in [3.63, 3.8) is 0 Å². The number of hydrogen-bond acceptors (Lipinski definition) is 2. The van der Waals surface area contributed by atoms with Crippen molar-refractivity contribution in [3.05, 3.63) is 0 Å². The van der Waals surface area contributed by atoms with Gasteiger partial charge in [-0.2, -0.15) is 0 Å². The summed E-state index contributed by atoms with van der Waals surface area (Å²) in [6, 6.07) is 0. The van der Waals surface area contributed by atoms with Gasteiger partial charge in [-0.15, -0.1) is 0 Å². The molecular formula is C16H42O6P2S2Zn. The van der Waals surface area contributed by atoms with Gasteiger partial charge in [0, 0.05) is 19.5 Å². The van der Waals surface area contributed by atoms with Crippen LogP contribution in [0.2, 0.25) is 0 Å². The minimum absolute atomic E-state index is 0. The van der Waals surface area contributed by atoms with Crippen molar-refractivity contribution in [2.45, 2.75) is 92.9 Å². The minimum Gasteiger partial charge on any atom is -0.325 e. The molecule has 6 nitrogen and oxygen atoms in total. The van der Waals surface area contributed by atoms with Crippen molar-refractivity contribution in [2.24, 2.45) is 11.8 Å². The fourth-order valence-electron chi connectivity index (χ4n) is 1.61. The normalized spacial score (nSPS) is 10.6. The maximum atomic E-state index is 7.56. The number of hydrogen-bond donors (Lipinski definition) is 6. The van der Waals surface area contributed by atoms with E-state index in [1.807, 2.05) is 0 Å². The van der Waals surface area contributed by atoms with E-state index in [4.69, 9.17) is 29.4 Å². The fraction of sp³-hybridized carbons (Fsp3) is 1.00. The molecule has 0 atom stereocenters. The molecule has 6 N–H and O–H groups in total. The molecule has 0 amide bonds. The first-order chi connectivity index (χ1) is 11.5. The second-order valence-electron chi connectivity index (χ2n) is 6.81. The van der Waals surface area contributed by atoms with Crippen molar-refractivity contribution >= 4 is 37.1 Å². The Morgan fingerprint density at radius 3 is 0.889 bits per heavy atom. The molecule has 0 aliphatic heterocycles. The zero-order valence-corrected chi connectivity index (χ0v) is 24.3. The van der Waals surface area contributed by atoms with E-state index in [-0.39, 0.29) is 19.5 Å². The van der Waals surface area contributed by atoms with E-state index < -0.39 is 13.4 Å². The van der Waals surface area contributed by atoms with Crippen LogP contribution in [0.5, 0.6) is 0 Å². The molecule has 11 heteroatoms. The van der Waals surface area contributed by atoms with E-state index in [1.54, 1.807) is 0 Å². The minimum atomic E-state index is -3.81. The molecular weight excluding hydrogens is 480 g/mol. The molecule has 0 unspecified atom stereocenters. The summed E-state index contributed by atoms with van der Waals surface area (Å²) in [5, 5.41) is 0.